The van der Waals surface area contributed by atoms with Gasteiger partial charge in [0.1, 0.15) is 5.52 Å². The van der Waals surface area contributed by atoms with Crippen LogP contribution in [0.1, 0.15) is 80.0 Å². The molecule has 6 heteroatoms. The Bertz CT molecular complexity index is 917. The third kappa shape index (κ3) is 4.23. The maximum Gasteiger partial charge on any atom is 0.253 e. The third-order valence-electron chi connectivity index (χ3n) is 6.90. The van der Waals surface area contributed by atoms with E-state index in [0.29, 0.717) is 29.7 Å². The van der Waals surface area contributed by atoms with Gasteiger partial charge in [-0.2, -0.15) is 0 Å². The molecule has 0 N–H and O–H groups in total. The molecule has 3 heterocycles. The minimum Gasteiger partial charge on any atom is -0.440 e. The van der Waals surface area contributed by atoms with Crippen molar-refractivity contribution in [2.75, 3.05) is 26.2 Å². The van der Waals surface area contributed by atoms with E-state index in [1.54, 1.807) is 0 Å². The van der Waals surface area contributed by atoms with E-state index in [0.717, 1.165) is 81.7 Å². The maximum absolute atomic E-state index is 13.0. The van der Waals surface area contributed by atoms with Crippen LogP contribution < -0.4 is 0 Å². The van der Waals surface area contributed by atoms with E-state index in [-0.39, 0.29) is 5.91 Å². The van der Waals surface area contributed by atoms with Crippen LogP contribution in [0.25, 0.3) is 11.1 Å². The van der Waals surface area contributed by atoms with Crippen LogP contribution in [0.15, 0.2) is 22.6 Å². The highest BCUT2D eigenvalue weighted by Crippen LogP contribution is 2.40. The van der Waals surface area contributed by atoms with Crippen LogP contribution in [0.2, 0.25) is 0 Å². The molecule has 30 heavy (non-hydrogen) atoms. The fourth-order valence-corrected chi connectivity index (χ4v) is 4.80. The zero-order chi connectivity index (χ0) is 20.5. The summed E-state index contributed by atoms with van der Waals surface area (Å²) in [6.07, 6.45) is 9.50. The Morgan fingerprint density at radius 1 is 0.933 bits per heavy atom. The van der Waals surface area contributed by atoms with Gasteiger partial charge < -0.3 is 14.2 Å². The van der Waals surface area contributed by atoms with Crippen molar-refractivity contribution in [3.8, 4) is 0 Å². The number of hydrogen-bond donors (Lipinski definition) is 0. The van der Waals surface area contributed by atoms with Gasteiger partial charge in [0.05, 0.1) is 0 Å². The SMILES string of the molecule is O=C(CC1CCN(C(=O)c2ccc3oc(C4CC4)nc3c2)CC1)N1CCCCCC1. The average molecular weight is 410 g/mol. The summed E-state index contributed by atoms with van der Waals surface area (Å²) in [7, 11) is 0. The third-order valence-corrected chi connectivity index (χ3v) is 6.90. The van der Waals surface area contributed by atoms with E-state index < -0.39 is 0 Å². The van der Waals surface area contributed by atoms with E-state index in [1.165, 1.54) is 12.8 Å². The van der Waals surface area contributed by atoms with Gasteiger partial charge in [-0.3, -0.25) is 9.59 Å². The van der Waals surface area contributed by atoms with E-state index in [2.05, 4.69) is 9.88 Å². The maximum atomic E-state index is 13.0. The van der Waals surface area contributed by atoms with Gasteiger partial charge in [-0.05, 0) is 62.6 Å². The monoisotopic (exact) mass is 409 g/mol. The molecule has 1 aromatic carbocycles. The fourth-order valence-electron chi connectivity index (χ4n) is 4.80. The smallest absolute Gasteiger partial charge is 0.253 e. The summed E-state index contributed by atoms with van der Waals surface area (Å²) >= 11 is 0. The van der Waals surface area contributed by atoms with Gasteiger partial charge in [-0.1, -0.05) is 12.8 Å². The normalized spacial score (nSPS) is 21.1. The second-order valence-electron chi connectivity index (χ2n) is 9.24. The minimum atomic E-state index is 0.0603. The van der Waals surface area contributed by atoms with Gasteiger partial charge in [0.2, 0.25) is 5.91 Å². The summed E-state index contributed by atoms with van der Waals surface area (Å²) in [5.74, 6) is 2.04. The van der Waals surface area contributed by atoms with Crippen molar-refractivity contribution in [1.82, 2.24) is 14.8 Å². The summed E-state index contributed by atoms with van der Waals surface area (Å²) in [4.78, 5) is 34.2. The van der Waals surface area contributed by atoms with E-state index in [9.17, 15) is 9.59 Å². The number of aromatic nitrogens is 1. The second kappa shape index (κ2) is 8.40. The van der Waals surface area contributed by atoms with Gasteiger partial charge in [0, 0.05) is 44.1 Å². The molecule has 3 aliphatic rings. The Hall–Kier alpha value is -2.37. The lowest BCUT2D eigenvalue weighted by Crippen LogP contribution is -2.40. The van der Waals surface area contributed by atoms with Crippen molar-refractivity contribution in [2.45, 2.75) is 63.7 Å². The molecule has 0 atom stereocenters. The lowest BCUT2D eigenvalue weighted by molar-refractivity contribution is -0.132. The van der Waals surface area contributed by atoms with Gasteiger partial charge in [0.25, 0.3) is 5.91 Å². The molecular weight excluding hydrogens is 378 g/mol. The number of piperidine rings is 1. The standard InChI is InChI=1S/C24H31N3O3/c28-22(26-11-3-1-2-4-12-26)15-17-9-13-27(14-10-17)24(29)19-7-8-21-20(16-19)25-23(30-21)18-5-6-18/h7-8,16-18H,1-6,9-15H2. The zero-order valence-corrected chi connectivity index (χ0v) is 17.6. The Kier molecular flexibility index (Phi) is 5.48. The number of nitrogens with zero attached hydrogens (tertiary/aromatic N) is 3. The number of carbonyl (C=O) groups excluding carboxylic acids is 2. The molecule has 1 aliphatic carbocycles. The quantitative estimate of drug-likeness (QED) is 0.753. The Balaban J connectivity index is 1.16. The number of rotatable bonds is 4. The van der Waals surface area contributed by atoms with E-state index in [4.69, 9.17) is 4.42 Å². The van der Waals surface area contributed by atoms with Crippen LogP contribution >= 0.6 is 0 Å². The number of benzene rings is 1. The zero-order valence-electron chi connectivity index (χ0n) is 17.6. The molecule has 160 valence electrons. The first-order chi connectivity index (χ1) is 14.7. The summed E-state index contributed by atoms with van der Waals surface area (Å²) in [6, 6.07) is 5.58. The average Bonchev–Trinajstić information content (AvgIpc) is 3.57. The second-order valence-corrected chi connectivity index (χ2v) is 9.24. The Morgan fingerprint density at radius 2 is 1.67 bits per heavy atom. The van der Waals surface area contributed by atoms with Gasteiger partial charge in [-0.15, -0.1) is 0 Å². The summed E-state index contributed by atoms with van der Waals surface area (Å²) in [6.45, 7) is 3.29. The van der Waals surface area contributed by atoms with Gasteiger partial charge in [-0.25, -0.2) is 4.98 Å². The Labute approximate surface area is 177 Å². The van der Waals surface area contributed by atoms with Crippen molar-refractivity contribution in [1.29, 1.82) is 0 Å². The number of hydrogen-bond acceptors (Lipinski definition) is 4. The molecule has 0 spiro atoms. The number of carbonyl (C=O) groups is 2. The highest BCUT2D eigenvalue weighted by Gasteiger charge is 2.30. The molecule has 0 unspecified atom stereocenters. The van der Waals surface area contributed by atoms with Gasteiger partial charge in [0.15, 0.2) is 11.5 Å². The van der Waals surface area contributed by atoms with Gasteiger partial charge >= 0.3 is 0 Å². The van der Waals surface area contributed by atoms with Crippen molar-refractivity contribution in [3.63, 3.8) is 0 Å². The molecule has 1 saturated carbocycles. The molecule has 2 saturated heterocycles. The van der Waals surface area contributed by atoms with Crippen molar-refractivity contribution >= 4 is 22.9 Å². The molecule has 0 bridgehead atoms. The molecule has 6 nitrogen and oxygen atoms in total. The summed E-state index contributed by atoms with van der Waals surface area (Å²) in [5.41, 5.74) is 2.22. The predicted octanol–water partition coefficient (Wildman–Crippen LogP) is 4.35. The largest absolute Gasteiger partial charge is 0.440 e. The molecule has 1 aromatic heterocycles. The van der Waals surface area contributed by atoms with Crippen LogP contribution in [0, 0.1) is 5.92 Å². The number of amides is 2. The minimum absolute atomic E-state index is 0.0603. The molecule has 3 fully saturated rings. The first-order valence-electron chi connectivity index (χ1n) is 11.6. The number of oxazole rings is 1. The van der Waals surface area contributed by atoms with E-state index >= 15 is 0 Å². The molecule has 2 aliphatic heterocycles. The van der Waals surface area contributed by atoms with Crippen molar-refractivity contribution < 1.29 is 14.0 Å². The van der Waals surface area contributed by atoms with Crippen molar-refractivity contribution in [3.05, 3.63) is 29.7 Å². The molecule has 2 aromatic rings. The topological polar surface area (TPSA) is 66.7 Å². The van der Waals surface area contributed by atoms with Crippen molar-refractivity contribution in [2.24, 2.45) is 5.92 Å². The summed E-state index contributed by atoms with van der Waals surface area (Å²) in [5, 5.41) is 0. The highest BCUT2D eigenvalue weighted by molar-refractivity contribution is 5.97. The fraction of sp³-hybridized carbons (Fsp3) is 0.625. The molecular formula is C24H31N3O3. The van der Waals surface area contributed by atoms with Crippen LogP contribution in [-0.2, 0) is 4.79 Å². The Morgan fingerprint density at radius 3 is 2.37 bits per heavy atom. The lowest BCUT2D eigenvalue weighted by Gasteiger charge is -2.33. The first kappa shape index (κ1) is 19.6. The highest BCUT2D eigenvalue weighted by atomic mass is 16.3. The number of fused-ring (bicyclic) bond motifs is 1. The molecule has 0 radical (unpaired) electrons. The van der Waals surface area contributed by atoms with E-state index in [1.807, 2.05) is 23.1 Å². The van der Waals surface area contributed by atoms with Crippen LogP contribution in [0.3, 0.4) is 0 Å². The number of likely N-dealkylation sites (tertiary alicyclic amines) is 2. The van der Waals surface area contributed by atoms with Crippen LogP contribution in [0.5, 0.6) is 0 Å². The summed E-state index contributed by atoms with van der Waals surface area (Å²) < 4.78 is 5.81. The van der Waals surface area contributed by atoms with Crippen LogP contribution in [0.4, 0.5) is 0 Å². The first-order valence-corrected chi connectivity index (χ1v) is 11.6. The molecule has 5 rings (SSSR count). The molecule has 2 amide bonds. The lowest BCUT2D eigenvalue weighted by atomic mass is 9.92. The van der Waals surface area contributed by atoms with Crippen LogP contribution in [-0.4, -0.2) is 52.8 Å². The predicted molar refractivity (Wildman–Crippen MR) is 114 cm³/mol.